The molecule has 2 amide bonds. The maximum Gasteiger partial charge on any atom is 0.223 e. The van der Waals surface area contributed by atoms with Crippen molar-refractivity contribution in [2.24, 2.45) is 0 Å². The molecule has 0 saturated heterocycles. The molecule has 3 aromatic rings. The molecule has 0 aliphatic carbocycles. The SMILES string of the molecule is CCCC(NC(=O)CC(NC(C)=O)c1c(F)cccc1F)c1nnc2ccccn12. The Balaban J connectivity index is 1.83. The monoisotopic (exact) mass is 415 g/mol. The molecule has 0 aliphatic heterocycles. The van der Waals surface area contributed by atoms with Crippen molar-refractivity contribution in [3.05, 3.63) is 65.6 Å². The Kier molecular flexibility index (Phi) is 6.71. The van der Waals surface area contributed by atoms with Gasteiger partial charge < -0.3 is 10.6 Å². The van der Waals surface area contributed by atoms with Gasteiger partial charge in [-0.05, 0) is 30.7 Å². The van der Waals surface area contributed by atoms with Crippen LogP contribution in [0.1, 0.15) is 56.6 Å². The Labute approximate surface area is 172 Å². The lowest BCUT2D eigenvalue weighted by Crippen LogP contribution is -2.35. The molecule has 9 heteroatoms. The van der Waals surface area contributed by atoms with Crippen LogP contribution in [-0.4, -0.2) is 26.4 Å². The van der Waals surface area contributed by atoms with Gasteiger partial charge in [-0.25, -0.2) is 8.78 Å². The first-order valence-electron chi connectivity index (χ1n) is 9.70. The fraction of sp³-hybridized carbons (Fsp3) is 0.333. The first kappa shape index (κ1) is 21.4. The van der Waals surface area contributed by atoms with Crippen LogP contribution in [0, 0.1) is 11.6 Å². The van der Waals surface area contributed by atoms with Crippen LogP contribution in [0.3, 0.4) is 0 Å². The van der Waals surface area contributed by atoms with Crippen LogP contribution in [0.25, 0.3) is 5.65 Å². The average Bonchev–Trinajstić information content (AvgIpc) is 3.11. The van der Waals surface area contributed by atoms with Gasteiger partial charge in [0.15, 0.2) is 11.5 Å². The molecule has 7 nitrogen and oxygen atoms in total. The Morgan fingerprint density at radius 1 is 1.03 bits per heavy atom. The van der Waals surface area contributed by atoms with E-state index < -0.39 is 35.5 Å². The van der Waals surface area contributed by atoms with E-state index in [1.807, 2.05) is 19.1 Å². The predicted molar refractivity (Wildman–Crippen MR) is 106 cm³/mol. The molecule has 0 fully saturated rings. The molecule has 3 rings (SSSR count). The zero-order valence-corrected chi connectivity index (χ0v) is 16.7. The van der Waals surface area contributed by atoms with Crippen LogP contribution < -0.4 is 10.6 Å². The number of nitrogens with one attached hydrogen (secondary N) is 2. The van der Waals surface area contributed by atoms with Gasteiger partial charge in [0.25, 0.3) is 0 Å². The molecule has 30 heavy (non-hydrogen) atoms. The van der Waals surface area contributed by atoms with Crippen LogP contribution >= 0.6 is 0 Å². The number of nitrogens with zero attached hydrogens (tertiary/aromatic N) is 3. The van der Waals surface area contributed by atoms with Crippen molar-refractivity contribution in [1.29, 1.82) is 0 Å². The summed E-state index contributed by atoms with van der Waals surface area (Å²) in [4.78, 5) is 24.4. The summed E-state index contributed by atoms with van der Waals surface area (Å²) in [6.45, 7) is 3.20. The number of pyridine rings is 1. The Bertz CT molecular complexity index is 1030. The summed E-state index contributed by atoms with van der Waals surface area (Å²) < 4.78 is 30.3. The number of rotatable bonds is 8. The summed E-state index contributed by atoms with van der Waals surface area (Å²) in [6.07, 6.45) is 2.84. The van der Waals surface area contributed by atoms with Crippen molar-refractivity contribution in [3.8, 4) is 0 Å². The van der Waals surface area contributed by atoms with Crippen molar-refractivity contribution in [2.45, 2.75) is 45.2 Å². The van der Waals surface area contributed by atoms with Crippen molar-refractivity contribution < 1.29 is 18.4 Å². The van der Waals surface area contributed by atoms with Gasteiger partial charge in [0.1, 0.15) is 11.6 Å². The van der Waals surface area contributed by atoms with Gasteiger partial charge in [-0.3, -0.25) is 14.0 Å². The molecule has 2 N–H and O–H groups in total. The molecule has 1 aromatic carbocycles. The minimum Gasteiger partial charge on any atom is -0.349 e. The van der Waals surface area contributed by atoms with E-state index in [4.69, 9.17) is 0 Å². The molecule has 158 valence electrons. The van der Waals surface area contributed by atoms with Crippen molar-refractivity contribution in [1.82, 2.24) is 25.2 Å². The Morgan fingerprint density at radius 3 is 2.43 bits per heavy atom. The number of amides is 2. The fourth-order valence-corrected chi connectivity index (χ4v) is 3.40. The Hall–Kier alpha value is -3.36. The van der Waals surface area contributed by atoms with Gasteiger partial charge in [0.2, 0.25) is 11.8 Å². The summed E-state index contributed by atoms with van der Waals surface area (Å²) in [5, 5.41) is 13.6. The summed E-state index contributed by atoms with van der Waals surface area (Å²) in [6, 6.07) is 7.30. The first-order chi connectivity index (χ1) is 14.4. The highest BCUT2D eigenvalue weighted by Gasteiger charge is 2.26. The molecule has 2 heterocycles. The molecule has 2 unspecified atom stereocenters. The van der Waals surface area contributed by atoms with Gasteiger partial charge in [-0.1, -0.05) is 25.5 Å². The predicted octanol–water partition coefficient (Wildman–Crippen LogP) is 3.23. The van der Waals surface area contributed by atoms with Crippen LogP contribution in [0.15, 0.2) is 42.6 Å². The lowest BCUT2D eigenvalue weighted by Gasteiger charge is -2.22. The average molecular weight is 415 g/mol. The van der Waals surface area contributed by atoms with Crippen LogP contribution in [0.2, 0.25) is 0 Å². The van der Waals surface area contributed by atoms with Gasteiger partial charge in [-0.2, -0.15) is 0 Å². The number of benzene rings is 1. The third kappa shape index (κ3) is 4.79. The minimum atomic E-state index is -1.14. The van der Waals surface area contributed by atoms with Gasteiger partial charge in [-0.15, -0.1) is 10.2 Å². The van der Waals surface area contributed by atoms with Gasteiger partial charge >= 0.3 is 0 Å². The smallest absolute Gasteiger partial charge is 0.223 e. The number of carbonyl (C=O) groups is 2. The second-order valence-electron chi connectivity index (χ2n) is 6.99. The number of halogens is 2. The lowest BCUT2D eigenvalue weighted by molar-refractivity contribution is -0.123. The molecular formula is C21H23F2N5O2. The number of fused-ring (bicyclic) bond motifs is 1. The van der Waals surface area contributed by atoms with Gasteiger partial charge in [0.05, 0.1) is 18.5 Å². The highest BCUT2D eigenvalue weighted by Crippen LogP contribution is 2.25. The zero-order valence-electron chi connectivity index (χ0n) is 16.7. The standard InChI is InChI=1S/C21H23F2N5O2/c1-3-7-16(21-27-26-18-10-4-5-11-28(18)21)25-19(30)12-17(24-13(2)29)20-14(22)8-6-9-15(20)23/h4-6,8-11,16-17H,3,7,12H2,1-2H3,(H,24,29)(H,25,30). The van der Waals surface area contributed by atoms with E-state index in [0.29, 0.717) is 17.9 Å². The van der Waals surface area contributed by atoms with E-state index in [0.717, 1.165) is 18.6 Å². The Morgan fingerprint density at radius 2 is 1.77 bits per heavy atom. The minimum absolute atomic E-state index is 0.325. The first-order valence-corrected chi connectivity index (χ1v) is 9.70. The number of aromatic nitrogens is 3. The quantitative estimate of drug-likeness (QED) is 0.591. The summed E-state index contributed by atoms with van der Waals surface area (Å²) in [5.74, 6) is -2.05. The van der Waals surface area contributed by atoms with Crippen molar-refractivity contribution in [2.75, 3.05) is 0 Å². The van der Waals surface area contributed by atoms with E-state index in [2.05, 4.69) is 20.8 Å². The van der Waals surface area contributed by atoms with E-state index in [1.165, 1.54) is 13.0 Å². The van der Waals surface area contributed by atoms with E-state index in [9.17, 15) is 18.4 Å². The van der Waals surface area contributed by atoms with Crippen molar-refractivity contribution >= 4 is 17.5 Å². The van der Waals surface area contributed by atoms with Crippen LogP contribution in [-0.2, 0) is 9.59 Å². The number of carbonyl (C=O) groups excluding carboxylic acids is 2. The van der Waals surface area contributed by atoms with E-state index in [-0.39, 0.29) is 12.0 Å². The molecule has 2 atom stereocenters. The molecule has 0 bridgehead atoms. The molecule has 0 aliphatic rings. The third-order valence-corrected chi connectivity index (χ3v) is 4.68. The normalized spacial score (nSPS) is 13.1. The summed E-state index contributed by atoms with van der Waals surface area (Å²) >= 11 is 0. The summed E-state index contributed by atoms with van der Waals surface area (Å²) in [7, 11) is 0. The highest BCUT2D eigenvalue weighted by atomic mass is 19.1. The third-order valence-electron chi connectivity index (χ3n) is 4.68. The zero-order chi connectivity index (χ0) is 21.7. The lowest BCUT2D eigenvalue weighted by atomic mass is 10.0. The maximum atomic E-state index is 14.2. The second-order valence-corrected chi connectivity index (χ2v) is 6.99. The van der Waals surface area contributed by atoms with Crippen LogP contribution in [0.4, 0.5) is 8.78 Å². The van der Waals surface area contributed by atoms with Crippen LogP contribution in [0.5, 0.6) is 0 Å². The van der Waals surface area contributed by atoms with Crippen molar-refractivity contribution in [3.63, 3.8) is 0 Å². The van der Waals surface area contributed by atoms with E-state index >= 15 is 0 Å². The summed E-state index contributed by atoms with van der Waals surface area (Å²) in [5.41, 5.74) is 0.301. The van der Waals surface area contributed by atoms with Gasteiger partial charge in [0, 0.05) is 18.7 Å². The van der Waals surface area contributed by atoms with E-state index in [1.54, 1.807) is 16.7 Å². The molecule has 0 saturated carbocycles. The molecule has 0 spiro atoms. The molecule has 2 aromatic heterocycles. The maximum absolute atomic E-state index is 14.2. The molecule has 0 radical (unpaired) electrons. The molecular weight excluding hydrogens is 392 g/mol. The second kappa shape index (κ2) is 9.43. The largest absolute Gasteiger partial charge is 0.349 e. The topological polar surface area (TPSA) is 88.4 Å². The highest BCUT2D eigenvalue weighted by molar-refractivity contribution is 5.79. The number of hydrogen-bond acceptors (Lipinski definition) is 4. The fourth-order valence-electron chi connectivity index (χ4n) is 3.40. The number of hydrogen-bond donors (Lipinski definition) is 2.